The predicted molar refractivity (Wildman–Crippen MR) is 117 cm³/mol. The summed E-state index contributed by atoms with van der Waals surface area (Å²) in [4.78, 5) is 4.50. The van der Waals surface area contributed by atoms with Crippen molar-refractivity contribution in [3.8, 4) is 0 Å². The Morgan fingerprint density at radius 3 is 2.85 bits per heavy atom. The Balaban J connectivity index is 1.44. The maximum absolute atomic E-state index is 4.50. The van der Waals surface area contributed by atoms with Crippen molar-refractivity contribution in [3.63, 3.8) is 0 Å². The lowest BCUT2D eigenvalue weighted by molar-refractivity contribution is 0.314. The fourth-order valence-electron chi connectivity index (χ4n) is 3.92. The number of benzene rings is 1. The summed E-state index contributed by atoms with van der Waals surface area (Å²) in [6.07, 6.45) is 11.0. The Morgan fingerprint density at radius 1 is 1.30 bits per heavy atom. The summed E-state index contributed by atoms with van der Waals surface area (Å²) in [5.41, 5.74) is 5.81. The van der Waals surface area contributed by atoms with Gasteiger partial charge in [-0.05, 0) is 60.2 Å². The SMILES string of the molecule is C=C(NSc1cnc(C(C)C)s1)Nc1c(CC2CCC2)ccc2c1CCC2. The number of thiazole rings is 1. The Kier molecular flexibility index (Phi) is 5.79. The smallest absolute Gasteiger partial charge is 0.106 e. The molecule has 2 aromatic rings. The molecule has 0 unspecified atom stereocenters. The molecule has 0 amide bonds. The lowest BCUT2D eigenvalue weighted by atomic mass is 9.80. The van der Waals surface area contributed by atoms with Gasteiger partial charge in [0.15, 0.2) is 0 Å². The standard InChI is InChI=1S/C22H29N3S2/c1-14(2)22-23-13-20(26-22)27-25-15(3)24-21-18(12-16-6-4-7-16)11-10-17-8-5-9-19(17)21/h10-11,13-14,16,24-25H,3-9,12H2,1-2H3. The van der Waals surface area contributed by atoms with E-state index in [0.29, 0.717) is 5.92 Å². The third kappa shape index (κ3) is 4.35. The molecule has 0 spiro atoms. The Bertz CT molecular complexity index is 821. The van der Waals surface area contributed by atoms with E-state index in [0.717, 1.165) is 11.7 Å². The Hall–Kier alpha value is -1.46. The molecule has 0 atom stereocenters. The first-order valence-corrected chi connectivity index (χ1v) is 11.7. The fraction of sp³-hybridized carbons (Fsp3) is 0.500. The molecule has 0 bridgehead atoms. The monoisotopic (exact) mass is 399 g/mol. The molecule has 1 fully saturated rings. The minimum absolute atomic E-state index is 0.478. The largest absolute Gasteiger partial charge is 0.341 e. The molecule has 27 heavy (non-hydrogen) atoms. The van der Waals surface area contributed by atoms with Gasteiger partial charge in [-0.1, -0.05) is 51.8 Å². The molecular weight excluding hydrogens is 370 g/mol. The van der Waals surface area contributed by atoms with Gasteiger partial charge in [-0.15, -0.1) is 11.3 Å². The van der Waals surface area contributed by atoms with Gasteiger partial charge in [-0.2, -0.15) is 0 Å². The first-order chi connectivity index (χ1) is 13.1. The highest BCUT2D eigenvalue weighted by atomic mass is 32.2. The van der Waals surface area contributed by atoms with Gasteiger partial charge in [-0.25, -0.2) is 4.98 Å². The summed E-state index contributed by atoms with van der Waals surface area (Å²) in [5.74, 6) is 2.20. The van der Waals surface area contributed by atoms with Crippen LogP contribution in [-0.4, -0.2) is 4.98 Å². The average Bonchev–Trinajstić information content (AvgIpc) is 3.27. The van der Waals surface area contributed by atoms with Crippen molar-refractivity contribution in [1.82, 2.24) is 9.71 Å². The van der Waals surface area contributed by atoms with Gasteiger partial charge in [0, 0.05) is 11.6 Å². The van der Waals surface area contributed by atoms with E-state index < -0.39 is 0 Å². The molecule has 2 aliphatic carbocycles. The van der Waals surface area contributed by atoms with Crippen molar-refractivity contribution in [1.29, 1.82) is 0 Å². The quantitative estimate of drug-likeness (QED) is 0.512. The van der Waals surface area contributed by atoms with Crippen molar-refractivity contribution in [2.75, 3.05) is 5.32 Å². The maximum atomic E-state index is 4.50. The summed E-state index contributed by atoms with van der Waals surface area (Å²) < 4.78 is 4.56. The van der Waals surface area contributed by atoms with E-state index in [4.69, 9.17) is 0 Å². The zero-order valence-electron chi connectivity index (χ0n) is 16.3. The maximum Gasteiger partial charge on any atom is 0.106 e. The molecule has 4 rings (SSSR count). The molecule has 1 heterocycles. The van der Waals surface area contributed by atoms with Crippen LogP contribution in [0.4, 0.5) is 5.69 Å². The van der Waals surface area contributed by atoms with Crippen LogP contribution in [0.5, 0.6) is 0 Å². The van der Waals surface area contributed by atoms with Gasteiger partial charge in [0.25, 0.3) is 0 Å². The summed E-state index contributed by atoms with van der Waals surface area (Å²) in [7, 11) is 0. The normalized spacial score (nSPS) is 16.3. The summed E-state index contributed by atoms with van der Waals surface area (Å²) >= 11 is 3.35. The third-order valence-electron chi connectivity index (χ3n) is 5.65. The number of rotatable bonds is 8. The number of aryl methyl sites for hydroxylation is 1. The molecule has 5 heteroatoms. The number of aromatic nitrogens is 1. The summed E-state index contributed by atoms with van der Waals surface area (Å²) in [5, 5.41) is 4.80. The van der Waals surface area contributed by atoms with Gasteiger partial charge < -0.3 is 10.0 Å². The topological polar surface area (TPSA) is 37.0 Å². The second kappa shape index (κ2) is 8.27. The zero-order chi connectivity index (χ0) is 18.8. The van der Waals surface area contributed by atoms with Crippen molar-refractivity contribution in [3.05, 3.63) is 52.4 Å². The van der Waals surface area contributed by atoms with E-state index in [1.54, 1.807) is 23.3 Å². The van der Waals surface area contributed by atoms with E-state index >= 15 is 0 Å². The highest BCUT2D eigenvalue weighted by Gasteiger charge is 2.23. The number of nitrogens with zero attached hydrogens (tertiary/aromatic N) is 1. The molecule has 0 aliphatic heterocycles. The number of hydrogen-bond donors (Lipinski definition) is 2. The molecule has 1 saturated carbocycles. The Labute approximate surface area is 171 Å². The van der Waals surface area contributed by atoms with Crippen LogP contribution in [0.1, 0.15) is 67.1 Å². The molecule has 0 radical (unpaired) electrons. The van der Waals surface area contributed by atoms with Crippen LogP contribution in [0, 0.1) is 5.92 Å². The zero-order valence-corrected chi connectivity index (χ0v) is 17.9. The average molecular weight is 400 g/mol. The van der Waals surface area contributed by atoms with E-state index in [1.807, 2.05) is 6.20 Å². The highest BCUT2D eigenvalue weighted by molar-refractivity contribution is 7.99. The molecule has 1 aromatic carbocycles. The molecule has 0 saturated heterocycles. The second-order valence-corrected chi connectivity index (χ2v) is 10.2. The minimum atomic E-state index is 0.478. The van der Waals surface area contributed by atoms with Crippen LogP contribution in [0.25, 0.3) is 0 Å². The van der Waals surface area contributed by atoms with Gasteiger partial charge in [0.2, 0.25) is 0 Å². The molecule has 144 valence electrons. The molecular formula is C22H29N3S2. The number of nitrogens with one attached hydrogen (secondary N) is 2. The van der Waals surface area contributed by atoms with Crippen LogP contribution < -0.4 is 10.0 Å². The van der Waals surface area contributed by atoms with Crippen molar-refractivity contribution < 1.29 is 0 Å². The van der Waals surface area contributed by atoms with Crippen molar-refractivity contribution in [2.45, 2.75) is 68.9 Å². The van der Waals surface area contributed by atoms with Crippen molar-refractivity contribution >= 4 is 29.0 Å². The first kappa shape index (κ1) is 18.9. The van der Waals surface area contributed by atoms with Crippen LogP contribution >= 0.6 is 23.3 Å². The summed E-state index contributed by atoms with van der Waals surface area (Å²) in [6, 6.07) is 4.71. The highest BCUT2D eigenvalue weighted by Crippen LogP contribution is 2.37. The van der Waals surface area contributed by atoms with Crippen LogP contribution in [0.2, 0.25) is 0 Å². The fourth-order valence-corrected chi connectivity index (χ4v) is 5.50. The van der Waals surface area contributed by atoms with E-state index in [9.17, 15) is 0 Å². The van der Waals surface area contributed by atoms with Gasteiger partial charge in [-0.3, -0.25) is 0 Å². The third-order valence-corrected chi connectivity index (χ3v) is 7.90. The number of fused-ring (bicyclic) bond motifs is 1. The van der Waals surface area contributed by atoms with E-state index in [-0.39, 0.29) is 0 Å². The van der Waals surface area contributed by atoms with Gasteiger partial charge >= 0.3 is 0 Å². The molecule has 2 aliphatic rings. The molecule has 1 aromatic heterocycles. The second-order valence-electron chi connectivity index (χ2n) is 8.07. The van der Waals surface area contributed by atoms with Crippen LogP contribution in [0.15, 0.2) is 34.9 Å². The number of anilines is 1. The minimum Gasteiger partial charge on any atom is -0.341 e. The van der Waals surface area contributed by atoms with Gasteiger partial charge in [0.05, 0.1) is 11.2 Å². The molecule has 2 N–H and O–H groups in total. The Morgan fingerprint density at radius 2 is 2.15 bits per heavy atom. The summed E-state index contributed by atoms with van der Waals surface area (Å²) in [6.45, 7) is 8.59. The number of hydrogen-bond acceptors (Lipinski definition) is 5. The van der Waals surface area contributed by atoms with Crippen LogP contribution in [0.3, 0.4) is 0 Å². The first-order valence-electron chi connectivity index (χ1n) is 10.1. The predicted octanol–water partition coefficient (Wildman–Crippen LogP) is 6.28. The van der Waals surface area contributed by atoms with E-state index in [1.165, 1.54) is 76.5 Å². The lowest BCUT2D eigenvalue weighted by Crippen LogP contribution is -2.17. The van der Waals surface area contributed by atoms with Gasteiger partial charge in [0.1, 0.15) is 10.0 Å². The van der Waals surface area contributed by atoms with E-state index in [2.05, 4.69) is 47.6 Å². The van der Waals surface area contributed by atoms with Crippen molar-refractivity contribution in [2.24, 2.45) is 5.92 Å². The molecule has 3 nitrogen and oxygen atoms in total. The van der Waals surface area contributed by atoms with Crippen LogP contribution in [-0.2, 0) is 19.3 Å². The lowest BCUT2D eigenvalue weighted by Gasteiger charge is -2.27.